The van der Waals surface area contributed by atoms with Gasteiger partial charge in [0.05, 0.1) is 13.5 Å². The van der Waals surface area contributed by atoms with Gasteiger partial charge in [0.25, 0.3) is 0 Å². The number of carbonyl (C=O) groups is 3. The SMILES string of the molecule is COC(=O)CC[C@@H](NC(=O)Cc1ccccc1C)C(=O)O. The van der Waals surface area contributed by atoms with Gasteiger partial charge in [0.15, 0.2) is 0 Å². The Morgan fingerprint density at radius 2 is 1.95 bits per heavy atom. The average molecular weight is 293 g/mol. The number of carbonyl (C=O) groups excluding carboxylic acids is 2. The number of hydrogen-bond acceptors (Lipinski definition) is 4. The quantitative estimate of drug-likeness (QED) is 0.733. The number of benzene rings is 1. The van der Waals surface area contributed by atoms with Crippen molar-refractivity contribution >= 4 is 17.8 Å². The van der Waals surface area contributed by atoms with Crippen molar-refractivity contribution in [2.75, 3.05) is 7.11 Å². The molecule has 0 saturated heterocycles. The van der Waals surface area contributed by atoms with Crippen molar-refractivity contribution in [2.45, 2.75) is 32.2 Å². The zero-order valence-electron chi connectivity index (χ0n) is 12.1. The van der Waals surface area contributed by atoms with Crippen LogP contribution in [0, 0.1) is 6.92 Å². The lowest BCUT2D eigenvalue weighted by molar-refractivity contribution is -0.144. The molecular formula is C15H19NO5. The first kappa shape index (κ1) is 16.7. The summed E-state index contributed by atoms with van der Waals surface area (Å²) < 4.78 is 4.45. The van der Waals surface area contributed by atoms with Gasteiger partial charge < -0.3 is 15.2 Å². The standard InChI is InChI=1S/C15H19NO5/c1-10-5-3-4-6-11(10)9-13(17)16-12(15(19)20)7-8-14(18)21-2/h3-6,12H,7-9H2,1-2H3,(H,16,17)(H,19,20)/t12-/m1/s1. The molecule has 0 unspecified atom stereocenters. The van der Waals surface area contributed by atoms with Gasteiger partial charge in [0.1, 0.15) is 6.04 Å². The summed E-state index contributed by atoms with van der Waals surface area (Å²) in [5.74, 6) is -2.06. The molecule has 0 heterocycles. The van der Waals surface area contributed by atoms with Crippen LogP contribution in [0.5, 0.6) is 0 Å². The van der Waals surface area contributed by atoms with Crippen LogP contribution in [0.25, 0.3) is 0 Å². The van der Waals surface area contributed by atoms with E-state index in [1.165, 1.54) is 7.11 Å². The second kappa shape index (κ2) is 8.04. The number of hydrogen-bond donors (Lipinski definition) is 2. The van der Waals surface area contributed by atoms with Crippen molar-refractivity contribution in [2.24, 2.45) is 0 Å². The molecule has 0 fully saturated rings. The van der Waals surface area contributed by atoms with Crippen molar-refractivity contribution in [3.05, 3.63) is 35.4 Å². The molecule has 1 aromatic carbocycles. The zero-order chi connectivity index (χ0) is 15.8. The van der Waals surface area contributed by atoms with Crippen LogP contribution in [-0.2, 0) is 25.5 Å². The van der Waals surface area contributed by atoms with E-state index in [0.717, 1.165) is 11.1 Å². The first-order chi connectivity index (χ1) is 9.93. The summed E-state index contributed by atoms with van der Waals surface area (Å²) in [5, 5.41) is 11.5. The van der Waals surface area contributed by atoms with Gasteiger partial charge in [-0.1, -0.05) is 24.3 Å². The fourth-order valence-corrected chi connectivity index (χ4v) is 1.85. The predicted molar refractivity (Wildman–Crippen MR) is 75.7 cm³/mol. The van der Waals surface area contributed by atoms with E-state index in [2.05, 4.69) is 10.1 Å². The first-order valence-electron chi connectivity index (χ1n) is 6.57. The second-order valence-electron chi connectivity index (χ2n) is 4.68. The fraction of sp³-hybridized carbons (Fsp3) is 0.400. The third-order valence-corrected chi connectivity index (χ3v) is 3.11. The molecule has 0 spiro atoms. The van der Waals surface area contributed by atoms with Gasteiger partial charge in [0.2, 0.25) is 5.91 Å². The Hall–Kier alpha value is -2.37. The lowest BCUT2D eigenvalue weighted by Gasteiger charge is -2.14. The Labute approximate surface area is 123 Å². The molecule has 0 aliphatic carbocycles. The normalized spacial score (nSPS) is 11.5. The van der Waals surface area contributed by atoms with Gasteiger partial charge in [-0.3, -0.25) is 9.59 Å². The van der Waals surface area contributed by atoms with E-state index in [1.54, 1.807) is 0 Å². The topological polar surface area (TPSA) is 92.7 Å². The Morgan fingerprint density at radius 1 is 1.29 bits per heavy atom. The molecular weight excluding hydrogens is 274 g/mol. The highest BCUT2D eigenvalue weighted by atomic mass is 16.5. The summed E-state index contributed by atoms with van der Waals surface area (Å²) in [6.45, 7) is 1.88. The summed E-state index contributed by atoms with van der Waals surface area (Å²) in [7, 11) is 1.23. The molecule has 0 bridgehead atoms. The summed E-state index contributed by atoms with van der Waals surface area (Å²) in [6.07, 6.45) is 0.0499. The van der Waals surface area contributed by atoms with Crippen LogP contribution in [0.3, 0.4) is 0 Å². The molecule has 6 nitrogen and oxygen atoms in total. The van der Waals surface area contributed by atoms with Gasteiger partial charge in [-0.15, -0.1) is 0 Å². The van der Waals surface area contributed by atoms with Gasteiger partial charge in [0, 0.05) is 6.42 Å². The Balaban J connectivity index is 2.58. The average Bonchev–Trinajstić information content (AvgIpc) is 2.45. The van der Waals surface area contributed by atoms with Crippen LogP contribution >= 0.6 is 0 Å². The van der Waals surface area contributed by atoms with E-state index < -0.39 is 18.0 Å². The zero-order valence-corrected chi connectivity index (χ0v) is 12.1. The molecule has 0 aliphatic heterocycles. The molecule has 0 aliphatic rings. The van der Waals surface area contributed by atoms with Crippen molar-refractivity contribution < 1.29 is 24.2 Å². The Bertz CT molecular complexity index is 527. The van der Waals surface area contributed by atoms with Crippen LogP contribution in [-0.4, -0.2) is 36.1 Å². The molecule has 114 valence electrons. The lowest BCUT2D eigenvalue weighted by atomic mass is 10.0. The fourth-order valence-electron chi connectivity index (χ4n) is 1.85. The van der Waals surface area contributed by atoms with Crippen molar-refractivity contribution in [1.82, 2.24) is 5.32 Å². The highest BCUT2D eigenvalue weighted by Gasteiger charge is 2.21. The van der Waals surface area contributed by atoms with Gasteiger partial charge in [-0.2, -0.15) is 0 Å². The molecule has 0 aromatic heterocycles. The molecule has 6 heteroatoms. The minimum Gasteiger partial charge on any atom is -0.480 e. The summed E-state index contributed by atoms with van der Waals surface area (Å²) >= 11 is 0. The molecule has 1 rings (SSSR count). The van der Waals surface area contributed by atoms with Crippen LogP contribution in [0.4, 0.5) is 0 Å². The highest BCUT2D eigenvalue weighted by molar-refractivity contribution is 5.85. The number of methoxy groups -OCH3 is 1. The third-order valence-electron chi connectivity index (χ3n) is 3.11. The molecule has 2 N–H and O–H groups in total. The van der Waals surface area contributed by atoms with Gasteiger partial charge in [-0.05, 0) is 24.5 Å². The van der Waals surface area contributed by atoms with E-state index in [9.17, 15) is 14.4 Å². The van der Waals surface area contributed by atoms with E-state index in [1.807, 2.05) is 31.2 Å². The molecule has 0 radical (unpaired) electrons. The number of rotatable bonds is 7. The minimum absolute atomic E-state index is 0.00151. The molecule has 21 heavy (non-hydrogen) atoms. The second-order valence-corrected chi connectivity index (χ2v) is 4.68. The third kappa shape index (κ3) is 5.64. The van der Waals surface area contributed by atoms with E-state index in [4.69, 9.17) is 5.11 Å². The smallest absolute Gasteiger partial charge is 0.326 e. The maximum absolute atomic E-state index is 11.9. The van der Waals surface area contributed by atoms with Gasteiger partial charge in [-0.25, -0.2) is 4.79 Å². The molecule has 1 atom stereocenters. The summed E-state index contributed by atoms with van der Waals surface area (Å²) in [5.41, 5.74) is 1.81. The maximum Gasteiger partial charge on any atom is 0.326 e. The number of aliphatic carboxylic acids is 1. The first-order valence-corrected chi connectivity index (χ1v) is 6.57. The number of nitrogens with one attached hydrogen (secondary N) is 1. The minimum atomic E-state index is -1.17. The van der Waals surface area contributed by atoms with Crippen LogP contribution in [0.1, 0.15) is 24.0 Å². The van der Waals surface area contributed by atoms with Crippen molar-refractivity contribution in [3.63, 3.8) is 0 Å². The number of carboxylic acids is 1. The number of carboxylic acid groups (broad SMARTS) is 1. The number of ether oxygens (including phenoxy) is 1. The maximum atomic E-state index is 11.9. The van der Waals surface area contributed by atoms with Crippen LogP contribution in [0.2, 0.25) is 0 Å². The van der Waals surface area contributed by atoms with E-state index in [-0.39, 0.29) is 25.2 Å². The van der Waals surface area contributed by atoms with E-state index in [0.29, 0.717) is 0 Å². The molecule has 1 amide bonds. The molecule has 0 saturated carbocycles. The van der Waals surface area contributed by atoms with Crippen molar-refractivity contribution in [1.29, 1.82) is 0 Å². The Kier molecular flexibility index (Phi) is 6.39. The Morgan fingerprint density at radius 3 is 2.52 bits per heavy atom. The van der Waals surface area contributed by atoms with Crippen molar-refractivity contribution in [3.8, 4) is 0 Å². The summed E-state index contributed by atoms with van der Waals surface area (Å²) in [4.78, 5) is 34.0. The number of aryl methyl sites for hydroxylation is 1. The van der Waals surface area contributed by atoms with Crippen LogP contribution < -0.4 is 5.32 Å². The van der Waals surface area contributed by atoms with Gasteiger partial charge >= 0.3 is 11.9 Å². The lowest BCUT2D eigenvalue weighted by Crippen LogP contribution is -2.41. The van der Waals surface area contributed by atoms with Crippen LogP contribution in [0.15, 0.2) is 24.3 Å². The largest absolute Gasteiger partial charge is 0.480 e. The molecule has 1 aromatic rings. The highest BCUT2D eigenvalue weighted by Crippen LogP contribution is 2.08. The number of esters is 1. The van der Waals surface area contributed by atoms with E-state index >= 15 is 0 Å². The summed E-state index contributed by atoms with van der Waals surface area (Å²) in [6, 6.07) is 6.29. The monoisotopic (exact) mass is 293 g/mol. The predicted octanol–water partition coefficient (Wildman–Crippen LogP) is 1.06. The number of amides is 1.